The Morgan fingerprint density at radius 2 is 1.74 bits per heavy atom. The van der Waals surface area contributed by atoms with E-state index in [2.05, 4.69) is 38.2 Å². The molecule has 3 aromatic rings. The van der Waals surface area contributed by atoms with Crippen LogP contribution in [0.15, 0.2) is 42.7 Å². The molecule has 5 nitrogen and oxygen atoms in total. The van der Waals surface area contributed by atoms with Crippen LogP contribution in [0.1, 0.15) is 22.5 Å². The first kappa shape index (κ1) is 15.1. The third-order valence-electron chi connectivity index (χ3n) is 3.82. The van der Waals surface area contributed by atoms with Crippen molar-refractivity contribution in [3.8, 4) is 11.5 Å². The van der Waals surface area contributed by atoms with Crippen LogP contribution in [0, 0.1) is 20.8 Å². The van der Waals surface area contributed by atoms with E-state index in [1.165, 1.54) is 0 Å². The highest BCUT2D eigenvalue weighted by molar-refractivity contribution is 5.56. The van der Waals surface area contributed by atoms with E-state index in [4.69, 9.17) is 0 Å². The van der Waals surface area contributed by atoms with Crippen LogP contribution < -0.4 is 5.32 Å². The number of aromatic nitrogens is 4. The van der Waals surface area contributed by atoms with Crippen molar-refractivity contribution in [1.29, 1.82) is 0 Å². The summed E-state index contributed by atoms with van der Waals surface area (Å²) < 4.78 is 0. The Hall–Kier alpha value is -2.82. The van der Waals surface area contributed by atoms with Gasteiger partial charge in [0.05, 0.1) is 12.2 Å². The summed E-state index contributed by atoms with van der Waals surface area (Å²) in [5.41, 5.74) is 4.93. The normalized spacial score (nSPS) is 10.6. The predicted octanol–water partition coefficient (Wildman–Crippen LogP) is 3.47. The van der Waals surface area contributed by atoms with Gasteiger partial charge in [-0.25, -0.2) is 9.97 Å². The van der Waals surface area contributed by atoms with Crippen molar-refractivity contribution in [1.82, 2.24) is 19.9 Å². The molecule has 0 bridgehead atoms. The van der Waals surface area contributed by atoms with Crippen LogP contribution in [0.3, 0.4) is 0 Å². The molecular weight excluding hydrogens is 286 g/mol. The Kier molecular flexibility index (Phi) is 4.28. The molecule has 3 heterocycles. The Balaban J connectivity index is 1.90. The van der Waals surface area contributed by atoms with Gasteiger partial charge in [-0.15, -0.1) is 0 Å². The Morgan fingerprint density at radius 3 is 2.48 bits per heavy atom. The third kappa shape index (κ3) is 3.34. The van der Waals surface area contributed by atoms with Crippen molar-refractivity contribution in [2.45, 2.75) is 27.3 Å². The average Bonchev–Trinajstić information content (AvgIpc) is 2.58. The lowest BCUT2D eigenvalue weighted by atomic mass is 10.2. The number of hydrogen-bond acceptors (Lipinski definition) is 5. The number of anilines is 1. The highest BCUT2D eigenvalue weighted by Gasteiger charge is 2.10. The van der Waals surface area contributed by atoms with Gasteiger partial charge in [0.25, 0.3) is 0 Å². The molecule has 0 atom stereocenters. The molecule has 0 saturated carbocycles. The maximum Gasteiger partial charge on any atom is 0.180 e. The van der Waals surface area contributed by atoms with E-state index in [1.807, 2.05) is 38.1 Å². The second-order valence-electron chi connectivity index (χ2n) is 5.44. The van der Waals surface area contributed by atoms with E-state index >= 15 is 0 Å². The van der Waals surface area contributed by atoms with Crippen molar-refractivity contribution in [2.75, 3.05) is 5.32 Å². The first-order valence-corrected chi connectivity index (χ1v) is 7.56. The molecule has 0 aliphatic carbocycles. The van der Waals surface area contributed by atoms with E-state index in [1.54, 1.807) is 12.4 Å². The molecule has 0 aromatic carbocycles. The highest BCUT2D eigenvalue weighted by Crippen LogP contribution is 2.20. The number of rotatable bonds is 4. The lowest BCUT2D eigenvalue weighted by molar-refractivity contribution is 0.980. The van der Waals surface area contributed by atoms with Crippen molar-refractivity contribution in [3.05, 3.63) is 65.2 Å². The summed E-state index contributed by atoms with van der Waals surface area (Å²) in [5.74, 6) is 1.46. The smallest absolute Gasteiger partial charge is 0.180 e. The molecule has 1 N–H and O–H groups in total. The van der Waals surface area contributed by atoms with Gasteiger partial charge in [0, 0.05) is 23.7 Å². The minimum Gasteiger partial charge on any atom is -0.364 e. The molecule has 0 radical (unpaired) electrons. The second-order valence-corrected chi connectivity index (χ2v) is 5.44. The Labute approximate surface area is 135 Å². The number of nitrogens with one attached hydrogen (secondary N) is 1. The molecule has 0 unspecified atom stereocenters. The molecular formula is C18H19N5. The maximum absolute atomic E-state index is 4.64. The quantitative estimate of drug-likeness (QED) is 0.799. The first-order chi connectivity index (χ1) is 11.1. The topological polar surface area (TPSA) is 63.6 Å². The van der Waals surface area contributed by atoms with Crippen LogP contribution in [0.5, 0.6) is 0 Å². The zero-order chi connectivity index (χ0) is 16.2. The molecule has 3 rings (SSSR count). The summed E-state index contributed by atoms with van der Waals surface area (Å²) in [4.78, 5) is 17.9. The molecule has 23 heavy (non-hydrogen) atoms. The minimum absolute atomic E-state index is 0.631. The van der Waals surface area contributed by atoms with Crippen molar-refractivity contribution in [2.24, 2.45) is 0 Å². The Bertz CT molecular complexity index is 815. The fourth-order valence-electron chi connectivity index (χ4n) is 2.28. The summed E-state index contributed by atoms with van der Waals surface area (Å²) in [6.45, 7) is 6.69. The first-order valence-electron chi connectivity index (χ1n) is 7.56. The zero-order valence-electron chi connectivity index (χ0n) is 13.5. The van der Waals surface area contributed by atoms with Crippen LogP contribution in [0.2, 0.25) is 0 Å². The van der Waals surface area contributed by atoms with E-state index in [0.29, 0.717) is 12.4 Å². The van der Waals surface area contributed by atoms with Crippen LogP contribution in [0.25, 0.3) is 11.5 Å². The third-order valence-corrected chi connectivity index (χ3v) is 3.82. The monoisotopic (exact) mass is 305 g/mol. The maximum atomic E-state index is 4.64. The van der Waals surface area contributed by atoms with Crippen LogP contribution in [-0.2, 0) is 6.54 Å². The van der Waals surface area contributed by atoms with Gasteiger partial charge in [0.1, 0.15) is 11.5 Å². The molecule has 0 aliphatic heterocycles. The fraction of sp³-hybridized carbons (Fsp3) is 0.222. The largest absolute Gasteiger partial charge is 0.364 e. The van der Waals surface area contributed by atoms with E-state index in [0.717, 1.165) is 34.0 Å². The lowest BCUT2D eigenvalue weighted by Crippen LogP contribution is -2.09. The summed E-state index contributed by atoms with van der Waals surface area (Å²) in [6.07, 6.45) is 3.56. The van der Waals surface area contributed by atoms with Gasteiger partial charge in [-0.1, -0.05) is 12.1 Å². The van der Waals surface area contributed by atoms with Gasteiger partial charge in [0.15, 0.2) is 5.82 Å². The van der Waals surface area contributed by atoms with E-state index in [9.17, 15) is 0 Å². The molecule has 0 saturated heterocycles. The average molecular weight is 305 g/mol. The number of pyridine rings is 2. The van der Waals surface area contributed by atoms with Crippen molar-refractivity contribution < 1.29 is 0 Å². The standard InChI is InChI=1S/C18H19N5/c1-12-7-6-10-20-16(12)11-21-17-13(2)14(3)22-18(23-17)15-8-4-5-9-19-15/h4-10H,11H2,1-3H3,(H,21,22,23). The zero-order valence-corrected chi connectivity index (χ0v) is 13.5. The molecule has 5 heteroatoms. The van der Waals surface area contributed by atoms with Gasteiger partial charge in [0.2, 0.25) is 0 Å². The molecule has 0 amide bonds. The van der Waals surface area contributed by atoms with Crippen LogP contribution in [0.4, 0.5) is 5.82 Å². The van der Waals surface area contributed by atoms with E-state index in [-0.39, 0.29) is 0 Å². The summed E-state index contributed by atoms with van der Waals surface area (Å²) >= 11 is 0. The molecule has 3 aromatic heterocycles. The number of aryl methyl sites for hydroxylation is 2. The van der Waals surface area contributed by atoms with Crippen molar-refractivity contribution in [3.63, 3.8) is 0 Å². The van der Waals surface area contributed by atoms with Crippen molar-refractivity contribution >= 4 is 5.82 Å². The van der Waals surface area contributed by atoms with Gasteiger partial charge in [-0.3, -0.25) is 9.97 Å². The second kappa shape index (κ2) is 6.52. The summed E-state index contributed by atoms with van der Waals surface area (Å²) in [6, 6.07) is 9.73. The SMILES string of the molecule is Cc1cccnc1CNc1nc(-c2ccccn2)nc(C)c1C. The predicted molar refractivity (Wildman–Crippen MR) is 91.0 cm³/mol. The number of nitrogens with zero attached hydrogens (tertiary/aromatic N) is 4. The van der Waals surface area contributed by atoms with Gasteiger partial charge in [-0.05, 0) is 44.5 Å². The van der Waals surface area contributed by atoms with Gasteiger partial charge < -0.3 is 5.32 Å². The van der Waals surface area contributed by atoms with Gasteiger partial charge >= 0.3 is 0 Å². The van der Waals surface area contributed by atoms with E-state index < -0.39 is 0 Å². The molecule has 0 fully saturated rings. The molecule has 0 aliphatic rings. The van der Waals surface area contributed by atoms with Gasteiger partial charge in [-0.2, -0.15) is 0 Å². The molecule has 0 spiro atoms. The fourth-order valence-corrected chi connectivity index (χ4v) is 2.28. The minimum atomic E-state index is 0.631. The number of hydrogen-bond donors (Lipinski definition) is 1. The van der Waals surface area contributed by atoms with Crippen LogP contribution in [-0.4, -0.2) is 19.9 Å². The lowest BCUT2D eigenvalue weighted by Gasteiger charge is -2.12. The highest BCUT2D eigenvalue weighted by atomic mass is 15.1. The Morgan fingerprint density at radius 1 is 0.913 bits per heavy atom. The van der Waals surface area contributed by atoms with Crippen LogP contribution >= 0.6 is 0 Å². The summed E-state index contributed by atoms with van der Waals surface area (Å²) in [7, 11) is 0. The summed E-state index contributed by atoms with van der Waals surface area (Å²) in [5, 5.41) is 3.38. The molecule has 116 valence electrons.